The van der Waals surface area contributed by atoms with E-state index in [4.69, 9.17) is 4.74 Å². The van der Waals surface area contributed by atoms with E-state index in [0.717, 1.165) is 24.5 Å². The molecule has 3 aliphatic rings. The Kier molecular flexibility index (Phi) is 5.37. The number of β-amino-alcohol motifs (C(OH)–C–C–N with tert-alkyl or cyclic N) is 1. The van der Waals surface area contributed by atoms with Crippen LogP contribution < -0.4 is 0 Å². The van der Waals surface area contributed by atoms with E-state index in [1.807, 2.05) is 23.3 Å². The third-order valence-corrected chi connectivity index (χ3v) is 6.02. The summed E-state index contributed by atoms with van der Waals surface area (Å²) in [5, 5.41) is 18.9. The van der Waals surface area contributed by atoms with Crippen LogP contribution in [0.2, 0.25) is 0 Å². The highest BCUT2D eigenvalue weighted by molar-refractivity contribution is 5.80. The third-order valence-electron chi connectivity index (χ3n) is 6.02. The Morgan fingerprint density at radius 3 is 2.64 bits per heavy atom. The fourth-order valence-corrected chi connectivity index (χ4v) is 4.46. The highest BCUT2D eigenvalue weighted by Crippen LogP contribution is 2.35. The van der Waals surface area contributed by atoms with E-state index in [1.165, 1.54) is 0 Å². The highest BCUT2D eigenvalue weighted by Gasteiger charge is 2.41. The lowest BCUT2D eigenvalue weighted by Gasteiger charge is -2.32. The summed E-state index contributed by atoms with van der Waals surface area (Å²) in [4.78, 5) is 29.0. The molecule has 4 heterocycles. The van der Waals surface area contributed by atoms with Gasteiger partial charge in [0, 0.05) is 51.1 Å². The van der Waals surface area contributed by atoms with Gasteiger partial charge in [0.1, 0.15) is 0 Å². The van der Waals surface area contributed by atoms with Crippen molar-refractivity contribution in [2.45, 2.75) is 58.3 Å². The molecule has 154 valence electrons. The topological polar surface area (TPSA) is 101 Å². The molecule has 3 aliphatic heterocycles. The SMILES string of the molecule is CC(C)C(=O)N1CCn2c(nnc2C2CC(O)CN2C(=O)C2CCOCC2)C1. The number of likely N-dealkylation sites (tertiary alicyclic amines) is 1. The first-order valence-electron chi connectivity index (χ1n) is 10.2. The molecular weight excluding hydrogens is 362 g/mol. The fraction of sp³-hybridized carbons (Fsp3) is 0.789. The predicted octanol–water partition coefficient (Wildman–Crippen LogP) is 0.337. The molecule has 0 spiro atoms. The number of aliphatic hydroxyl groups excluding tert-OH is 1. The molecule has 1 aromatic heterocycles. The zero-order valence-electron chi connectivity index (χ0n) is 16.6. The van der Waals surface area contributed by atoms with Crippen LogP contribution >= 0.6 is 0 Å². The summed E-state index contributed by atoms with van der Waals surface area (Å²) in [6.07, 6.45) is 1.37. The summed E-state index contributed by atoms with van der Waals surface area (Å²) in [5.74, 6) is 1.56. The van der Waals surface area contributed by atoms with E-state index in [-0.39, 0.29) is 29.7 Å². The van der Waals surface area contributed by atoms with Crippen molar-refractivity contribution < 1.29 is 19.4 Å². The minimum atomic E-state index is -0.552. The summed E-state index contributed by atoms with van der Waals surface area (Å²) in [6.45, 7) is 7.00. The number of nitrogens with zero attached hydrogens (tertiary/aromatic N) is 5. The maximum atomic E-state index is 13.1. The number of ether oxygens (including phenoxy) is 1. The minimum Gasteiger partial charge on any atom is -0.391 e. The van der Waals surface area contributed by atoms with Gasteiger partial charge in [-0.1, -0.05) is 13.8 Å². The second kappa shape index (κ2) is 7.79. The summed E-state index contributed by atoms with van der Waals surface area (Å²) < 4.78 is 7.40. The van der Waals surface area contributed by atoms with Crippen molar-refractivity contribution in [2.24, 2.45) is 11.8 Å². The van der Waals surface area contributed by atoms with E-state index in [9.17, 15) is 14.7 Å². The number of fused-ring (bicyclic) bond motifs is 1. The van der Waals surface area contributed by atoms with Crippen LogP contribution in [0.4, 0.5) is 0 Å². The number of carbonyl (C=O) groups excluding carboxylic acids is 2. The molecule has 2 unspecified atom stereocenters. The Labute approximate surface area is 164 Å². The number of aromatic nitrogens is 3. The highest BCUT2D eigenvalue weighted by atomic mass is 16.5. The fourth-order valence-electron chi connectivity index (χ4n) is 4.46. The van der Waals surface area contributed by atoms with Crippen LogP contribution in [0.1, 0.15) is 50.8 Å². The second-order valence-electron chi connectivity index (χ2n) is 8.32. The molecule has 1 N–H and O–H groups in total. The van der Waals surface area contributed by atoms with Crippen LogP contribution in [0.15, 0.2) is 0 Å². The zero-order chi connectivity index (χ0) is 19.8. The van der Waals surface area contributed by atoms with Crippen LogP contribution in [0.25, 0.3) is 0 Å². The van der Waals surface area contributed by atoms with Crippen LogP contribution in [0.3, 0.4) is 0 Å². The van der Waals surface area contributed by atoms with Gasteiger partial charge in [-0.05, 0) is 12.8 Å². The summed E-state index contributed by atoms with van der Waals surface area (Å²) in [7, 11) is 0. The van der Waals surface area contributed by atoms with E-state index >= 15 is 0 Å². The van der Waals surface area contributed by atoms with Crippen molar-refractivity contribution in [2.75, 3.05) is 26.3 Å². The van der Waals surface area contributed by atoms with Crippen molar-refractivity contribution in [1.82, 2.24) is 24.6 Å². The van der Waals surface area contributed by atoms with E-state index in [2.05, 4.69) is 10.2 Å². The van der Waals surface area contributed by atoms with Gasteiger partial charge in [0.05, 0.1) is 18.7 Å². The lowest BCUT2D eigenvalue weighted by molar-refractivity contribution is -0.140. The average Bonchev–Trinajstić information content (AvgIpc) is 3.29. The molecule has 0 radical (unpaired) electrons. The minimum absolute atomic E-state index is 0.0495. The average molecular weight is 391 g/mol. The van der Waals surface area contributed by atoms with Gasteiger partial charge in [-0.15, -0.1) is 10.2 Å². The van der Waals surface area contributed by atoms with Crippen molar-refractivity contribution >= 4 is 11.8 Å². The molecule has 1 aromatic rings. The van der Waals surface area contributed by atoms with Crippen LogP contribution in [0.5, 0.6) is 0 Å². The first kappa shape index (κ1) is 19.3. The normalized spacial score (nSPS) is 26.0. The molecule has 0 bridgehead atoms. The number of hydrogen-bond acceptors (Lipinski definition) is 6. The van der Waals surface area contributed by atoms with Crippen molar-refractivity contribution in [3.05, 3.63) is 11.6 Å². The van der Waals surface area contributed by atoms with Crippen molar-refractivity contribution in [3.8, 4) is 0 Å². The molecule has 28 heavy (non-hydrogen) atoms. The molecule has 9 heteroatoms. The Hall–Kier alpha value is -2.00. The maximum absolute atomic E-state index is 13.1. The number of hydrogen-bond donors (Lipinski definition) is 1. The van der Waals surface area contributed by atoms with Crippen molar-refractivity contribution in [1.29, 1.82) is 0 Å². The van der Waals surface area contributed by atoms with Gasteiger partial charge in [-0.3, -0.25) is 9.59 Å². The molecule has 2 saturated heterocycles. The molecule has 9 nitrogen and oxygen atoms in total. The van der Waals surface area contributed by atoms with E-state index in [0.29, 0.717) is 45.8 Å². The standard InChI is InChI=1S/C19H29N5O4/c1-12(2)18(26)22-5-6-23-16(11-22)20-21-17(23)15-9-14(25)10-24(15)19(27)13-3-7-28-8-4-13/h12-15,25H,3-11H2,1-2H3. The van der Waals surface area contributed by atoms with Gasteiger partial charge in [-0.25, -0.2) is 0 Å². The number of aliphatic hydroxyl groups is 1. The summed E-state index contributed by atoms with van der Waals surface area (Å²) in [6, 6.07) is -0.265. The Balaban J connectivity index is 1.54. The van der Waals surface area contributed by atoms with Gasteiger partial charge in [0.15, 0.2) is 11.6 Å². The Morgan fingerprint density at radius 2 is 1.93 bits per heavy atom. The van der Waals surface area contributed by atoms with E-state index < -0.39 is 6.10 Å². The largest absolute Gasteiger partial charge is 0.391 e. The zero-order valence-corrected chi connectivity index (χ0v) is 16.6. The number of amides is 2. The smallest absolute Gasteiger partial charge is 0.226 e. The lowest BCUT2D eigenvalue weighted by Crippen LogP contribution is -2.42. The maximum Gasteiger partial charge on any atom is 0.226 e. The summed E-state index contributed by atoms with van der Waals surface area (Å²) in [5.41, 5.74) is 0. The molecule has 2 amide bonds. The molecule has 0 aliphatic carbocycles. The molecule has 2 atom stereocenters. The van der Waals surface area contributed by atoms with Gasteiger partial charge >= 0.3 is 0 Å². The first-order chi connectivity index (χ1) is 13.5. The van der Waals surface area contributed by atoms with Crippen LogP contribution in [-0.4, -0.2) is 73.9 Å². The third kappa shape index (κ3) is 3.53. The Morgan fingerprint density at radius 1 is 1.18 bits per heavy atom. The van der Waals surface area contributed by atoms with Crippen LogP contribution in [0, 0.1) is 11.8 Å². The quantitative estimate of drug-likeness (QED) is 0.797. The predicted molar refractivity (Wildman–Crippen MR) is 98.9 cm³/mol. The van der Waals surface area contributed by atoms with Crippen molar-refractivity contribution in [3.63, 3.8) is 0 Å². The van der Waals surface area contributed by atoms with Gasteiger partial charge in [0.25, 0.3) is 0 Å². The molecule has 0 saturated carbocycles. The van der Waals surface area contributed by atoms with Gasteiger partial charge < -0.3 is 24.2 Å². The molecule has 0 aromatic carbocycles. The van der Waals surface area contributed by atoms with Gasteiger partial charge in [-0.2, -0.15) is 0 Å². The lowest BCUT2D eigenvalue weighted by atomic mass is 9.98. The summed E-state index contributed by atoms with van der Waals surface area (Å²) >= 11 is 0. The molecule has 2 fully saturated rings. The first-order valence-corrected chi connectivity index (χ1v) is 10.2. The number of rotatable bonds is 3. The van der Waals surface area contributed by atoms with Crippen LogP contribution in [-0.2, 0) is 27.4 Å². The second-order valence-corrected chi connectivity index (χ2v) is 8.32. The number of carbonyl (C=O) groups is 2. The Bertz CT molecular complexity index is 743. The van der Waals surface area contributed by atoms with E-state index in [1.54, 1.807) is 4.90 Å². The van der Waals surface area contributed by atoms with Gasteiger partial charge in [0.2, 0.25) is 11.8 Å². The molecular formula is C19H29N5O4. The molecule has 4 rings (SSSR count). The monoisotopic (exact) mass is 391 g/mol.